The van der Waals surface area contributed by atoms with Gasteiger partial charge in [-0.1, -0.05) is 86.6 Å². The molecule has 0 radical (unpaired) electrons. The van der Waals surface area contributed by atoms with Gasteiger partial charge in [0.2, 0.25) is 0 Å². The van der Waals surface area contributed by atoms with Crippen LogP contribution in [0, 0.1) is 17.3 Å². The van der Waals surface area contributed by atoms with Gasteiger partial charge in [-0.15, -0.1) is 0 Å². The lowest BCUT2D eigenvalue weighted by atomic mass is 9.69. The molecule has 0 amide bonds. The largest absolute Gasteiger partial charge is 0.388 e. The molecule has 216 valence electrons. The van der Waals surface area contributed by atoms with E-state index in [-0.39, 0.29) is 17.1 Å². The second kappa shape index (κ2) is 11.9. The Bertz CT molecular complexity index is 1140. The van der Waals surface area contributed by atoms with Crippen molar-refractivity contribution in [2.75, 3.05) is 6.26 Å². The fraction of sp³-hybridized carbons (Fsp3) is 0.686. The van der Waals surface area contributed by atoms with Crippen LogP contribution in [0.1, 0.15) is 145 Å². The van der Waals surface area contributed by atoms with Crippen molar-refractivity contribution in [2.24, 2.45) is 17.3 Å². The minimum Gasteiger partial charge on any atom is -0.388 e. The number of pyridine rings is 1. The van der Waals surface area contributed by atoms with Crippen molar-refractivity contribution in [1.29, 1.82) is 0 Å². The Kier molecular flexibility index (Phi) is 9.30. The Labute approximate surface area is 242 Å². The van der Waals surface area contributed by atoms with Gasteiger partial charge in [0, 0.05) is 22.5 Å². The highest BCUT2D eigenvalue weighted by Gasteiger charge is 2.55. The number of thioether (sulfide) groups is 1. The molecule has 2 heterocycles. The highest BCUT2D eigenvalue weighted by atomic mass is 32.2. The van der Waals surface area contributed by atoms with E-state index in [0.717, 1.165) is 42.2 Å². The lowest BCUT2D eigenvalue weighted by Crippen LogP contribution is -2.34. The number of aromatic nitrogens is 1. The molecule has 0 saturated heterocycles. The third-order valence-electron chi connectivity index (χ3n) is 9.05. The van der Waals surface area contributed by atoms with Crippen LogP contribution in [0.4, 0.5) is 0 Å². The third kappa shape index (κ3) is 6.14. The van der Waals surface area contributed by atoms with E-state index in [1.165, 1.54) is 40.8 Å². The highest BCUT2D eigenvalue weighted by molar-refractivity contribution is 7.99. The number of benzene rings is 1. The highest BCUT2D eigenvalue weighted by Crippen LogP contribution is 2.61. The molecule has 3 aliphatic rings. The van der Waals surface area contributed by atoms with Gasteiger partial charge in [-0.3, -0.25) is 4.98 Å². The van der Waals surface area contributed by atoms with E-state index in [2.05, 4.69) is 92.8 Å². The van der Waals surface area contributed by atoms with E-state index < -0.39 is 6.10 Å². The molecule has 1 aromatic carbocycles. The van der Waals surface area contributed by atoms with Gasteiger partial charge in [-0.2, -0.15) is 11.8 Å². The van der Waals surface area contributed by atoms with Gasteiger partial charge in [-0.05, 0) is 89.9 Å². The number of aliphatic hydroxyl groups is 1. The number of hydrogen-bond acceptors (Lipinski definition) is 4. The molecule has 1 fully saturated rings. The molecular formula is C35H53NO2S. The van der Waals surface area contributed by atoms with E-state index >= 15 is 0 Å². The number of aliphatic hydroxyl groups excluding tert-OH is 1. The Hall–Kier alpha value is -1.36. The summed E-state index contributed by atoms with van der Waals surface area (Å²) in [6, 6.07) is 9.10. The quantitative estimate of drug-likeness (QED) is 0.402. The van der Waals surface area contributed by atoms with Crippen LogP contribution in [0.2, 0.25) is 0 Å². The summed E-state index contributed by atoms with van der Waals surface area (Å²) in [5, 5.41) is 12.3. The van der Waals surface area contributed by atoms with Crippen molar-refractivity contribution < 1.29 is 9.84 Å². The Balaban J connectivity index is 0.000000648. The predicted octanol–water partition coefficient (Wildman–Crippen LogP) is 9.30. The average Bonchev–Trinajstić information content (AvgIpc) is 3.38. The SMILES string of the molecule is CC(C)Cc1ccc(C2OC3(CCCC3C)c3c4c(nc(C(C)C)c32)CC(C)(C)CC4O)cc1.CSC(C)C. The maximum absolute atomic E-state index is 11.5. The first-order chi connectivity index (χ1) is 18.3. The molecule has 4 unspecified atom stereocenters. The Morgan fingerprint density at radius 3 is 2.21 bits per heavy atom. The van der Waals surface area contributed by atoms with Crippen molar-refractivity contribution in [2.45, 2.75) is 130 Å². The zero-order chi connectivity index (χ0) is 28.7. The predicted molar refractivity (Wildman–Crippen MR) is 167 cm³/mol. The first-order valence-electron chi connectivity index (χ1n) is 15.3. The summed E-state index contributed by atoms with van der Waals surface area (Å²) in [7, 11) is 0. The minimum absolute atomic E-state index is 0.0570. The summed E-state index contributed by atoms with van der Waals surface area (Å²) < 4.78 is 7.21. The second-order valence-corrected chi connectivity index (χ2v) is 15.6. The monoisotopic (exact) mass is 551 g/mol. The molecule has 1 aliphatic heterocycles. The molecule has 5 rings (SSSR count). The molecular weight excluding hydrogens is 498 g/mol. The van der Waals surface area contributed by atoms with Crippen LogP contribution in [-0.4, -0.2) is 21.6 Å². The molecule has 2 aliphatic carbocycles. The molecule has 3 nitrogen and oxygen atoms in total. The van der Waals surface area contributed by atoms with Gasteiger partial charge in [0.05, 0.1) is 11.7 Å². The first kappa shape index (κ1) is 30.6. The summed E-state index contributed by atoms with van der Waals surface area (Å²) in [6.45, 7) is 20.3. The van der Waals surface area contributed by atoms with Crippen LogP contribution in [0.25, 0.3) is 0 Å². The topological polar surface area (TPSA) is 42.4 Å². The normalized spacial score (nSPS) is 27.2. The first-order valence-corrected chi connectivity index (χ1v) is 16.6. The standard InChI is InChI=1S/C31H43NO2.C4H10S/c1-18(2)15-21-10-12-22(13-11-21)29-26-27(31(34-29)14-8-9-20(31)5)25-23(32-28(26)19(3)4)16-30(6,7)17-24(25)33;1-4(2)5-3/h10-13,18-20,24,29,33H,8-9,14-17H2,1-7H3;4H,1-3H3. The van der Waals surface area contributed by atoms with E-state index in [1.807, 2.05) is 11.8 Å². The maximum Gasteiger partial charge on any atom is 0.111 e. The van der Waals surface area contributed by atoms with Gasteiger partial charge in [0.1, 0.15) is 6.10 Å². The van der Waals surface area contributed by atoms with Crippen LogP contribution in [-0.2, 0) is 23.2 Å². The van der Waals surface area contributed by atoms with Gasteiger partial charge in [0.25, 0.3) is 0 Å². The Morgan fingerprint density at radius 1 is 1.05 bits per heavy atom. The molecule has 39 heavy (non-hydrogen) atoms. The summed E-state index contributed by atoms with van der Waals surface area (Å²) in [4.78, 5) is 5.30. The van der Waals surface area contributed by atoms with E-state index in [9.17, 15) is 5.11 Å². The van der Waals surface area contributed by atoms with E-state index in [0.29, 0.717) is 17.8 Å². The molecule has 4 atom stereocenters. The molecule has 0 bridgehead atoms. The lowest BCUT2D eigenvalue weighted by Gasteiger charge is -2.39. The number of nitrogens with zero attached hydrogens (tertiary/aromatic N) is 1. The molecule has 1 aromatic heterocycles. The molecule has 1 saturated carbocycles. The van der Waals surface area contributed by atoms with Crippen LogP contribution in [0.5, 0.6) is 0 Å². The third-order valence-corrected chi connectivity index (χ3v) is 9.99. The maximum atomic E-state index is 11.5. The number of hydrogen-bond donors (Lipinski definition) is 1. The summed E-state index contributed by atoms with van der Waals surface area (Å²) >= 11 is 1.88. The van der Waals surface area contributed by atoms with Gasteiger partial charge in [-0.25, -0.2) is 0 Å². The van der Waals surface area contributed by atoms with Crippen LogP contribution >= 0.6 is 11.8 Å². The zero-order valence-electron chi connectivity index (χ0n) is 26.2. The van der Waals surface area contributed by atoms with Crippen molar-refractivity contribution in [3.63, 3.8) is 0 Å². The second-order valence-electron chi connectivity index (χ2n) is 14.2. The fourth-order valence-corrected chi connectivity index (χ4v) is 7.05. The number of fused-ring (bicyclic) bond motifs is 4. The van der Waals surface area contributed by atoms with Crippen LogP contribution in [0.3, 0.4) is 0 Å². The summed E-state index contributed by atoms with van der Waals surface area (Å²) in [5.41, 5.74) is 8.31. The zero-order valence-corrected chi connectivity index (χ0v) is 27.0. The molecule has 2 aromatic rings. The molecule has 1 spiro atoms. The summed E-state index contributed by atoms with van der Waals surface area (Å²) in [6.07, 6.45) is 7.73. The minimum atomic E-state index is -0.471. The fourth-order valence-electron chi connectivity index (χ4n) is 7.05. The van der Waals surface area contributed by atoms with Gasteiger partial charge >= 0.3 is 0 Å². The van der Waals surface area contributed by atoms with Gasteiger partial charge in [0.15, 0.2) is 0 Å². The number of rotatable bonds is 5. The Morgan fingerprint density at radius 2 is 1.69 bits per heavy atom. The van der Waals surface area contributed by atoms with Gasteiger partial charge < -0.3 is 9.84 Å². The van der Waals surface area contributed by atoms with Crippen LogP contribution in [0.15, 0.2) is 24.3 Å². The van der Waals surface area contributed by atoms with Crippen molar-refractivity contribution in [3.05, 3.63) is 63.5 Å². The molecule has 4 heteroatoms. The smallest absolute Gasteiger partial charge is 0.111 e. The van der Waals surface area contributed by atoms with E-state index in [1.54, 1.807) is 0 Å². The van der Waals surface area contributed by atoms with E-state index in [4.69, 9.17) is 9.72 Å². The van der Waals surface area contributed by atoms with Crippen molar-refractivity contribution >= 4 is 11.8 Å². The number of ether oxygens (including phenoxy) is 1. The van der Waals surface area contributed by atoms with Crippen molar-refractivity contribution in [1.82, 2.24) is 4.98 Å². The average molecular weight is 552 g/mol. The summed E-state index contributed by atoms with van der Waals surface area (Å²) in [5.74, 6) is 1.38. The van der Waals surface area contributed by atoms with Crippen molar-refractivity contribution in [3.8, 4) is 0 Å². The lowest BCUT2D eigenvalue weighted by molar-refractivity contribution is -0.0842. The van der Waals surface area contributed by atoms with Crippen LogP contribution < -0.4 is 0 Å². The molecule has 1 N–H and O–H groups in total.